The van der Waals surface area contributed by atoms with Crippen molar-refractivity contribution in [2.24, 2.45) is 0 Å². The van der Waals surface area contributed by atoms with E-state index in [-0.39, 0.29) is 17.2 Å². The van der Waals surface area contributed by atoms with Gasteiger partial charge in [0.25, 0.3) is 0 Å². The Morgan fingerprint density at radius 2 is 2.00 bits per heavy atom. The van der Waals surface area contributed by atoms with Gasteiger partial charge in [-0.2, -0.15) is 0 Å². The lowest BCUT2D eigenvalue weighted by molar-refractivity contribution is -0.120. The molecule has 3 aromatic rings. The van der Waals surface area contributed by atoms with Crippen LogP contribution in [0.5, 0.6) is 0 Å². The van der Waals surface area contributed by atoms with Crippen LogP contribution in [0.4, 0.5) is 0 Å². The fraction of sp³-hybridized carbons (Fsp3) is 0.409. The van der Waals surface area contributed by atoms with Gasteiger partial charge in [0.2, 0.25) is 5.91 Å². The number of carbonyl (C=O) groups is 1. The molecule has 5 nitrogen and oxygen atoms in total. The summed E-state index contributed by atoms with van der Waals surface area (Å²) >= 11 is 3.18. The lowest BCUT2D eigenvalue weighted by atomic mass is 10.1. The topological polar surface area (TPSA) is 59.8 Å². The van der Waals surface area contributed by atoms with E-state index in [1.807, 2.05) is 19.1 Å². The molecule has 2 heterocycles. The van der Waals surface area contributed by atoms with Crippen LogP contribution >= 0.6 is 23.1 Å². The molecule has 29 heavy (non-hydrogen) atoms. The molecular formula is C22H26N4OS2. The normalized spacial score (nSPS) is 15.8. The molecule has 7 heteroatoms. The molecule has 1 aliphatic carbocycles. The number of amides is 1. The Morgan fingerprint density at radius 1 is 1.21 bits per heavy atom. The van der Waals surface area contributed by atoms with Crippen LogP contribution in [0.25, 0.3) is 10.7 Å². The van der Waals surface area contributed by atoms with Crippen molar-refractivity contribution in [3.05, 3.63) is 53.4 Å². The minimum Gasteiger partial charge on any atom is -0.353 e. The van der Waals surface area contributed by atoms with E-state index in [2.05, 4.69) is 62.7 Å². The first-order valence-corrected chi connectivity index (χ1v) is 11.9. The zero-order chi connectivity index (χ0) is 20.2. The molecule has 2 atom stereocenters. The summed E-state index contributed by atoms with van der Waals surface area (Å²) in [7, 11) is 0. The zero-order valence-electron chi connectivity index (χ0n) is 16.7. The van der Waals surface area contributed by atoms with Crippen LogP contribution in [0, 0.1) is 0 Å². The third kappa shape index (κ3) is 5.08. The number of nitrogens with one attached hydrogen (secondary N) is 1. The Morgan fingerprint density at radius 3 is 2.69 bits per heavy atom. The molecule has 152 valence electrons. The van der Waals surface area contributed by atoms with Gasteiger partial charge in [-0.25, -0.2) is 0 Å². The van der Waals surface area contributed by atoms with Gasteiger partial charge in [-0.15, -0.1) is 21.5 Å². The van der Waals surface area contributed by atoms with Gasteiger partial charge in [-0.05, 0) is 56.5 Å². The molecule has 1 aliphatic rings. The number of thiophene rings is 1. The monoisotopic (exact) mass is 426 g/mol. The highest BCUT2D eigenvalue weighted by Gasteiger charge is 2.31. The van der Waals surface area contributed by atoms with Gasteiger partial charge in [0, 0.05) is 12.1 Å². The van der Waals surface area contributed by atoms with Crippen molar-refractivity contribution >= 4 is 29.0 Å². The number of rotatable bonds is 9. The maximum absolute atomic E-state index is 12.7. The van der Waals surface area contributed by atoms with Gasteiger partial charge < -0.3 is 5.32 Å². The maximum atomic E-state index is 12.7. The molecule has 2 aromatic heterocycles. The molecular weight excluding hydrogens is 400 g/mol. The number of thioether (sulfide) groups is 1. The molecule has 0 saturated heterocycles. The molecule has 4 rings (SSSR count). The SMILES string of the molecule is C[C@H](CCc1ccccc1)NC(=O)[C@@H](C)Sc1nnc(-c2cccs2)n1C1CC1. The van der Waals surface area contributed by atoms with E-state index in [1.54, 1.807) is 11.3 Å². The number of hydrogen-bond donors (Lipinski definition) is 1. The first-order chi connectivity index (χ1) is 14.1. The predicted octanol–water partition coefficient (Wildman–Crippen LogP) is 4.96. The van der Waals surface area contributed by atoms with Crippen molar-refractivity contribution in [3.63, 3.8) is 0 Å². The van der Waals surface area contributed by atoms with E-state index in [4.69, 9.17) is 0 Å². The molecule has 1 fully saturated rings. The fourth-order valence-electron chi connectivity index (χ4n) is 3.26. The summed E-state index contributed by atoms with van der Waals surface area (Å²) in [4.78, 5) is 13.8. The van der Waals surface area contributed by atoms with Crippen molar-refractivity contribution in [2.75, 3.05) is 0 Å². The van der Waals surface area contributed by atoms with E-state index >= 15 is 0 Å². The summed E-state index contributed by atoms with van der Waals surface area (Å²) in [6.07, 6.45) is 4.19. The van der Waals surface area contributed by atoms with Crippen molar-refractivity contribution in [1.82, 2.24) is 20.1 Å². The average molecular weight is 427 g/mol. The molecule has 0 aliphatic heterocycles. The number of hydrogen-bond acceptors (Lipinski definition) is 5. The van der Waals surface area contributed by atoms with Crippen LogP contribution in [0.2, 0.25) is 0 Å². The van der Waals surface area contributed by atoms with E-state index in [0.29, 0.717) is 6.04 Å². The Bertz CT molecular complexity index is 935. The summed E-state index contributed by atoms with van der Waals surface area (Å²) in [5.74, 6) is 0.979. The van der Waals surface area contributed by atoms with Gasteiger partial charge in [0.15, 0.2) is 11.0 Å². The van der Waals surface area contributed by atoms with Gasteiger partial charge in [0.05, 0.1) is 10.1 Å². The molecule has 0 spiro atoms. The summed E-state index contributed by atoms with van der Waals surface area (Å²) < 4.78 is 2.22. The number of benzene rings is 1. The summed E-state index contributed by atoms with van der Waals surface area (Å²) in [6.45, 7) is 4.01. The van der Waals surface area contributed by atoms with E-state index in [9.17, 15) is 4.79 Å². The van der Waals surface area contributed by atoms with Crippen molar-refractivity contribution in [2.45, 2.75) is 62.0 Å². The van der Waals surface area contributed by atoms with Crippen molar-refractivity contribution in [3.8, 4) is 10.7 Å². The van der Waals surface area contributed by atoms with Gasteiger partial charge in [0.1, 0.15) is 0 Å². The molecule has 1 saturated carbocycles. The second-order valence-electron chi connectivity index (χ2n) is 7.58. The van der Waals surface area contributed by atoms with Gasteiger partial charge >= 0.3 is 0 Å². The summed E-state index contributed by atoms with van der Waals surface area (Å²) in [6, 6.07) is 15.1. The molecule has 1 amide bonds. The first kappa shape index (κ1) is 20.2. The smallest absolute Gasteiger partial charge is 0.233 e. The minimum atomic E-state index is -0.216. The molecule has 0 radical (unpaired) electrons. The Balaban J connectivity index is 1.35. The molecule has 0 unspecified atom stereocenters. The Hall–Kier alpha value is -2.12. The highest BCUT2D eigenvalue weighted by Crippen LogP contribution is 2.42. The molecule has 1 N–H and O–H groups in total. The van der Waals surface area contributed by atoms with Crippen molar-refractivity contribution < 1.29 is 4.79 Å². The van der Waals surface area contributed by atoms with E-state index < -0.39 is 0 Å². The third-order valence-corrected chi connectivity index (χ3v) is 6.99. The second-order valence-corrected chi connectivity index (χ2v) is 9.83. The van der Waals surface area contributed by atoms with Crippen LogP contribution in [0.15, 0.2) is 53.0 Å². The average Bonchev–Trinajstić information content (AvgIpc) is 3.25. The van der Waals surface area contributed by atoms with Gasteiger partial charge in [-0.3, -0.25) is 9.36 Å². The number of nitrogens with zero attached hydrogens (tertiary/aromatic N) is 3. The first-order valence-electron chi connectivity index (χ1n) is 10.1. The minimum absolute atomic E-state index is 0.0542. The number of aryl methyl sites for hydroxylation is 1. The molecule has 1 aromatic carbocycles. The fourth-order valence-corrected chi connectivity index (χ4v) is 4.90. The largest absolute Gasteiger partial charge is 0.353 e. The lowest BCUT2D eigenvalue weighted by Crippen LogP contribution is -2.38. The van der Waals surface area contributed by atoms with E-state index in [0.717, 1.165) is 41.5 Å². The lowest BCUT2D eigenvalue weighted by Gasteiger charge is -2.17. The highest BCUT2D eigenvalue weighted by molar-refractivity contribution is 8.00. The standard InChI is InChI=1S/C22H26N4OS2/c1-15(10-11-17-7-4-3-5-8-17)23-21(27)16(2)29-22-25-24-20(19-9-6-14-28-19)26(22)18-12-13-18/h3-9,14-16,18H,10-13H2,1-2H3,(H,23,27)/t15-,16-/m1/s1. The third-order valence-electron chi connectivity index (χ3n) is 5.07. The van der Waals surface area contributed by atoms with Crippen LogP contribution < -0.4 is 5.32 Å². The van der Waals surface area contributed by atoms with Crippen LogP contribution in [-0.2, 0) is 11.2 Å². The highest BCUT2D eigenvalue weighted by atomic mass is 32.2. The number of aromatic nitrogens is 3. The Kier molecular flexibility index (Phi) is 6.35. The second kappa shape index (κ2) is 9.13. The van der Waals surface area contributed by atoms with Crippen LogP contribution in [0.1, 0.15) is 44.7 Å². The predicted molar refractivity (Wildman–Crippen MR) is 119 cm³/mol. The zero-order valence-corrected chi connectivity index (χ0v) is 18.4. The van der Waals surface area contributed by atoms with E-state index in [1.165, 1.54) is 17.3 Å². The number of carbonyl (C=O) groups excluding carboxylic acids is 1. The van der Waals surface area contributed by atoms with Gasteiger partial charge in [-0.1, -0.05) is 48.2 Å². The summed E-state index contributed by atoms with van der Waals surface area (Å²) in [5, 5.41) is 14.7. The quantitative estimate of drug-likeness (QED) is 0.491. The molecule has 0 bridgehead atoms. The Labute approximate surface area is 179 Å². The summed E-state index contributed by atoms with van der Waals surface area (Å²) in [5.41, 5.74) is 1.30. The maximum Gasteiger partial charge on any atom is 0.233 e. The van der Waals surface area contributed by atoms with Crippen LogP contribution in [-0.4, -0.2) is 32.0 Å². The van der Waals surface area contributed by atoms with Crippen molar-refractivity contribution in [1.29, 1.82) is 0 Å². The van der Waals surface area contributed by atoms with Crippen LogP contribution in [0.3, 0.4) is 0 Å².